The minimum Gasteiger partial charge on any atom is -0.494 e. The van der Waals surface area contributed by atoms with Crippen LogP contribution >= 0.6 is 15.9 Å². The molecular weight excluding hydrogens is 480 g/mol. The van der Waals surface area contributed by atoms with E-state index in [-0.39, 0.29) is 5.56 Å². The second kappa shape index (κ2) is 11.0. The average Bonchev–Trinajstić information content (AvgIpc) is 3.10. The molecule has 1 fully saturated rings. The lowest BCUT2D eigenvalue weighted by Crippen LogP contribution is -2.34. The predicted molar refractivity (Wildman–Crippen MR) is 137 cm³/mol. The minimum absolute atomic E-state index is 0.00184. The third-order valence-electron chi connectivity index (χ3n) is 6.38. The first-order valence-electron chi connectivity index (χ1n) is 11.6. The molecule has 0 N–H and O–H groups in total. The van der Waals surface area contributed by atoms with E-state index in [9.17, 15) is 4.79 Å². The number of ether oxygens (including phenoxy) is 1. The molecule has 3 aromatic rings. The fraction of sp³-hybridized carbons (Fsp3) is 0.385. The van der Waals surface area contributed by atoms with Crippen LogP contribution < -0.4 is 10.3 Å². The molecule has 4 rings (SSSR count). The fourth-order valence-corrected chi connectivity index (χ4v) is 5.00. The van der Waals surface area contributed by atoms with Crippen molar-refractivity contribution in [2.24, 2.45) is 10.9 Å². The first-order chi connectivity index (χ1) is 16.1. The number of piperidine rings is 1. The molecule has 1 aliphatic heterocycles. The van der Waals surface area contributed by atoms with Crippen LogP contribution in [0.5, 0.6) is 5.75 Å². The number of likely N-dealkylation sites (tertiary alicyclic amines) is 1. The third kappa shape index (κ3) is 5.47. The highest BCUT2D eigenvalue weighted by molar-refractivity contribution is 9.10. The summed E-state index contributed by atoms with van der Waals surface area (Å²) in [7, 11) is 0. The van der Waals surface area contributed by atoms with E-state index in [0.717, 1.165) is 74.9 Å². The van der Waals surface area contributed by atoms with Gasteiger partial charge < -0.3 is 4.74 Å². The molecule has 0 saturated carbocycles. The summed E-state index contributed by atoms with van der Waals surface area (Å²) in [5.74, 6) is 1.55. The average molecular weight is 511 g/mol. The zero-order chi connectivity index (χ0) is 23.2. The Morgan fingerprint density at radius 3 is 2.42 bits per heavy atom. The molecule has 1 aliphatic rings. The van der Waals surface area contributed by atoms with Gasteiger partial charge in [0.25, 0.3) is 5.56 Å². The molecule has 6 nitrogen and oxygen atoms in total. The maximum absolute atomic E-state index is 13.0. The second-order valence-electron chi connectivity index (χ2n) is 8.44. The van der Waals surface area contributed by atoms with E-state index in [1.807, 2.05) is 54.6 Å². The zero-order valence-corrected chi connectivity index (χ0v) is 20.7. The van der Waals surface area contributed by atoms with Crippen molar-refractivity contribution in [2.45, 2.75) is 39.3 Å². The Hall–Kier alpha value is -2.64. The van der Waals surface area contributed by atoms with Gasteiger partial charge in [0, 0.05) is 13.1 Å². The maximum atomic E-state index is 13.0. The van der Waals surface area contributed by atoms with E-state index >= 15 is 0 Å². The quantitative estimate of drug-likeness (QED) is 0.360. The van der Waals surface area contributed by atoms with Crippen molar-refractivity contribution in [3.05, 3.63) is 75.1 Å². The van der Waals surface area contributed by atoms with Gasteiger partial charge in [-0.05, 0) is 104 Å². The van der Waals surface area contributed by atoms with Crippen LogP contribution in [0.25, 0.3) is 5.69 Å². The van der Waals surface area contributed by atoms with E-state index in [4.69, 9.17) is 4.74 Å². The molecule has 33 heavy (non-hydrogen) atoms. The van der Waals surface area contributed by atoms with Crippen LogP contribution in [0.15, 0.2) is 68.9 Å². The van der Waals surface area contributed by atoms with Gasteiger partial charge in [0.1, 0.15) is 10.2 Å². The predicted octanol–water partition coefficient (Wildman–Crippen LogP) is 5.43. The summed E-state index contributed by atoms with van der Waals surface area (Å²) < 4.78 is 10.5. The number of rotatable bonds is 9. The Balaban J connectivity index is 1.32. The SMILES string of the molecule is C=Nc1ccc(OCCC2CCN(Cc3c(Br)c(=O)n(-c4ccccc4)n3CC)CC2)cc1. The Labute approximate surface area is 203 Å². The number of aromatic nitrogens is 2. The summed E-state index contributed by atoms with van der Waals surface area (Å²) in [4.78, 5) is 19.4. The van der Waals surface area contributed by atoms with E-state index in [1.54, 1.807) is 4.68 Å². The molecule has 2 heterocycles. The molecule has 7 heteroatoms. The summed E-state index contributed by atoms with van der Waals surface area (Å²) in [6.45, 7) is 9.93. The lowest BCUT2D eigenvalue weighted by Gasteiger charge is -2.32. The molecule has 0 unspecified atom stereocenters. The van der Waals surface area contributed by atoms with Gasteiger partial charge in [0.2, 0.25) is 0 Å². The third-order valence-corrected chi connectivity index (χ3v) is 7.18. The first kappa shape index (κ1) is 23.5. The van der Waals surface area contributed by atoms with Crippen molar-refractivity contribution in [1.82, 2.24) is 14.3 Å². The summed E-state index contributed by atoms with van der Waals surface area (Å²) in [5, 5.41) is 0. The minimum atomic E-state index is 0.00184. The monoisotopic (exact) mass is 510 g/mol. The highest BCUT2D eigenvalue weighted by atomic mass is 79.9. The van der Waals surface area contributed by atoms with Crippen LogP contribution in [-0.4, -0.2) is 40.7 Å². The fourth-order valence-electron chi connectivity index (χ4n) is 4.51. The largest absolute Gasteiger partial charge is 0.494 e. The van der Waals surface area contributed by atoms with Gasteiger partial charge in [-0.15, -0.1) is 0 Å². The van der Waals surface area contributed by atoms with Gasteiger partial charge >= 0.3 is 0 Å². The van der Waals surface area contributed by atoms with Crippen molar-refractivity contribution in [2.75, 3.05) is 19.7 Å². The number of hydrogen-bond donors (Lipinski definition) is 0. The second-order valence-corrected chi connectivity index (χ2v) is 9.23. The molecule has 0 bridgehead atoms. The van der Waals surface area contributed by atoms with Gasteiger partial charge in [0.05, 0.1) is 23.7 Å². The number of hydrogen-bond acceptors (Lipinski definition) is 4. The highest BCUT2D eigenvalue weighted by Crippen LogP contribution is 2.25. The molecular formula is C26H31BrN4O2. The van der Waals surface area contributed by atoms with Crippen molar-refractivity contribution < 1.29 is 4.74 Å². The molecule has 1 aromatic heterocycles. The number of benzene rings is 2. The van der Waals surface area contributed by atoms with Gasteiger partial charge in [-0.1, -0.05) is 18.2 Å². The molecule has 2 aromatic carbocycles. The van der Waals surface area contributed by atoms with Crippen LogP contribution in [0.4, 0.5) is 5.69 Å². The Morgan fingerprint density at radius 2 is 1.79 bits per heavy atom. The lowest BCUT2D eigenvalue weighted by atomic mass is 9.94. The van der Waals surface area contributed by atoms with Crippen molar-refractivity contribution in [3.8, 4) is 11.4 Å². The summed E-state index contributed by atoms with van der Waals surface area (Å²) in [5.41, 5.74) is 2.80. The van der Waals surface area contributed by atoms with E-state index in [0.29, 0.717) is 10.4 Å². The maximum Gasteiger partial charge on any atom is 0.286 e. The summed E-state index contributed by atoms with van der Waals surface area (Å²) >= 11 is 3.59. The van der Waals surface area contributed by atoms with Gasteiger partial charge in [-0.2, -0.15) is 0 Å². The molecule has 0 atom stereocenters. The standard InChI is InChI=1S/C26H31BrN4O2/c1-3-30-24(25(27)26(32)31(30)22-7-5-4-6-8-22)19-29-16-13-20(14-17-29)15-18-33-23-11-9-21(28-2)10-12-23/h4-12,20H,2-3,13-19H2,1H3. The van der Waals surface area contributed by atoms with Crippen LogP contribution in [0.2, 0.25) is 0 Å². The van der Waals surface area contributed by atoms with Gasteiger partial charge in [-0.3, -0.25) is 19.4 Å². The molecule has 0 aliphatic carbocycles. The van der Waals surface area contributed by atoms with Crippen LogP contribution in [0, 0.1) is 5.92 Å². The summed E-state index contributed by atoms with van der Waals surface area (Å²) in [6.07, 6.45) is 3.36. The number of nitrogens with zero attached hydrogens (tertiary/aromatic N) is 4. The molecule has 0 radical (unpaired) electrons. The van der Waals surface area contributed by atoms with Crippen molar-refractivity contribution in [1.29, 1.82) is 0 Å². The number of para-hydroxylation sites is 1. The van der Waals surface area contributed by atoms with Crippen molar-refractivity contribution >= 4 is 28.3 Å². The lowest BCUT2D eigenvalue weighted by molar-refractivity contribution is 0.154. The molecule has 0 spiro atoms. The smallest absolute Gasteiger partial charge is 0.286 e. The van der Waals surface area contributed by atoms with Gasteiger partial charge in [0.15, 0.2) is 0 Å². The summed E-state index contributed by atoms with van der Waals surface area (Å²) in [6, 6.07) is 17.6. The van der Waals surface area contributed by atoms with Crippen LogP contribution in [0.1, 0.15) is 31.9 Å². The molecule has 1 saturated heterocycles. The van der Waals surface area contributed by atoms with E-state index in [1.165, 1.54) is 0 Å². The Morgan fingerprint density at radius 1 is 1.09 bits per heavy atom. The van der Waals surface area contributed by atoms with Crippen LogP contribution in [-0.2, 0) is 13.1 Å². The topological polar surface area (TPSA) is 51.8 Å². The molecule has 174 valence electrons. The number of halogens is 1. The number of aliphatic imine (C=N–C) groups is 1. The van der Waals surface area contributed by atoms with E-state index in [2.05, 4.69) is 44.1 Å². The Bertz CT molecular complexity index is 1110. The van der Waals surface area contributed by atoms with Gasteiger partial charge in [-0.25, -0.2) is 4.68 Å². The normalized spacial score (nSPS) is 15.0. The van der Waals surface area contributed by atoms with Crippen LogP contribution in [0.3, 0.4) is 0 Å². The first-order valence-corrected chi connectivity index (χ1v) is 12.4. The Kier molecular flexibility index (Phi) is 7.83. The highest BCUT2D eigenvalue weighted by Gasteiger charge is 2.24. The zero-order valence-electron chi connectivity index (χ0n) is 19.1. The van der Waals surface area contributed by atoms with E-state index < -0.39 is 0 Å². The molecule has 0 amide bonds. The van der Waals surface area contributed by atoms with Crippen molar-refractivity contribution in [3.63, 3.8) is 0 Å².